The van der Waals surface area contributed by atoms with Crippen molar-refractivity contribution in [1.82, 2.24) is 0 Å². The predicted molar refractivity (Wildman–Crippen MR) is 80.9 cm³/mol. The van der Waals surface area contributed by atoms with Gasteiger partial charge >= 0.3 is 0 Å². The first-order valence-electron chi connectivity index (χ1n) is 8.67. The van der Waals surface area contributed by atoms with Gasteiger partial charge in [0.15, 0.2) is 6.29 Å². The monoisotopic (exact) mass is 294 g/mol. The van der Waals surface area contributed by atoms with E-state index in [9.17, 15) is 0 Å². The van der Waals surface area contributed by atoms with Crippen LogP contribution in [0.5, 0.6) is 0 Å². The number of methoxy groups -OCH3 is 1. The summed E-state index contributed by atoms with van der Waals surface area (Å²) >= 11 is 0. The second-order valence-corrected chi connectivity index (χ2v) is 8.86. The summed E-state index contributed by atoms with van der Waals surface area (Å²) in [6, 6.07) is 0. The molecule has 0 aromatic carbocycles. The topological polar surface area (TPSA) is 27.7 Å². The summed E-state index contributed by atoms with van der Waals surface area (Å²) in [6.45, 7) is 10.3. The van der Waals surface area contributed by atoms with Crippen molar-refractivity contribution < 1.29 is 14.2 Å². The van der Waals surface area contributed by atoms with Gasteiger partial charge in [0.1, 0.15) is 0 Å². The number of hydrogen-bond donors (Lipinski definition) is 0. The minimum absolute atomic E-state index is 0.123. The minimum atomic E-state index is -0.174. The standard InChI is InChI=1S/C18H30O3/c1-11-6-7-12-16(2,3)13-8-18(11,12)9-14-17(13,4)21-15(20-14)10-19-5/h11-15H,6-10H2,1-5H3/t11?,12?,13-,14-,15+,17+,18+/m0/s1. The molecular formula is C18H30O3. The van der Waals surface area contributed by atoms with Crippen LogP contribution < -0.4 is 0 Å². The molecule has 0 amide bonds. The molecule has 1 saturated heterocycles. The highest BCUT2D eigenvalue weighted by atomic mass is 16.8. The molecule has 3 heteroatoms. The zero-order valence-corrected chi connectivity index (χ0v) is 14.1. The molecule has 1 spiro atoms. The zero-order valence-electron chi connectivity index (χ0n) is 14.1. The molecule has 0 aromatic rings. The van der Waals surface area contributed by atoms with Crippen LogP contribution in [-0.4, -0.2) is 31.7 Å². The first-order chi connectivity index (χ1) is 9.84. The van der Waals surface area contributed by atoms with Gasteiger partial charge in [-0.15, -0.1) is 0 Å². The maximum Gasteiger partial charge on any atom is 0.182 e. The van der Waals surface area contributed by atoms with Crippen molar-refractivity contribution in [2.45, 2.75) is 71.4 Å². The average molecular weight is 294 g/mol. The van der Waals surface area contributed by atoms with Gasteiger partial charge in [0.05, 0.1) is 18.3 Å². The van der Waals surface area contributed by atoms with Crippen molar-refractivity contribution >= 4 is 0 Å². The lowest BCUT2D eigenvalue weighted by atomic mass is 9.63. The van der Waals surface area contributed by atoms with E-state index in [1.165, 1.54) is 25.7 Å². The van der Waals surface area contributed by atoms with Crippen LogP contribution in [0, 0.1) is 28.6 Å². The maximum atomic E-state index is 6.41. The van der Waals surface area contributed by atoms with Crippen LogP contribution in [-0.2, 0) is 14.2 Å². The van der Waals surface area contributed by atoms with E-state index in [2.05, 4.69) is 27.7 Å². The Morgan fingerprint density at radius 2 is 1.86 bits per heavy atom. The first kappa shape index (κ1) is 14.5. The molecule has 3 saturated carbocycles. The second kappa shape index (κ2) is 4.24. The van der Waals surface area contributed by atoms with E-state index in [4.69, 9.17) is 14.2 Å². The van der Waals surface area contributed by atoms with Crippen molar-refractivity contribution in [2.75, 3.05) is 13.7 Å². The Kier molecular flexibility index (Phi) is 2.92. The van der Waals surface area contributed by atoms with Gasteiger partial charge in [-0.05, 0) is 61.2 Å². The quantitative estimate of drug-likeness (QED) is 0.778. The van der Waals surface area contributed by atoms with Gasteiger partial charge in [0, 0.05) is 7.11 Å². The molecule has 120 valence electrons. The lowest BCUT2D eigenvalue weighted by Gasteiger charge is -2.47. The fraction of sp³-hybridized carbons (Fsp3) is 1.00. The molecule has 7 atom stereocenters. The Morgan fingerprint density at radius 1 is 1.10 bits per heavy atom. The Bertz CT molecular complexity index is 448. The maximum absolute atomic E-state index is 6.41. The van der Waals surface area contributed by atoms with Crippen LogP contribution in [0.25, 0.3) is 0 Å². The first-order valence-corrected chi connectivity index (χ1v) is 8.67. The van der Waals surface area contributed by atoms with Crippen molar-refractivity contribution in [1.29, 1.82) is 0 Å². The third-order valence-corrected chi connectivity index (χ3v) is 7.84. The summed E-state index contributed by atoms with van der Waals surface area (Å²) in [5.41, 5.74) is 0.741. The summed E-state index contributed by atoms with van der Waals surface area (Å²) < 4.78 is 18.0. The minimum Gasteiger partial charge on any atom is -0.379 e. The molecule has 0 aromatic heterocycles. The fourth-order valence-electron chi connectivity index (χ4n) is 6.86. The molecule has 4 rings (SSSR count). The van der Waals surface area contributed by atoms with E-state index in [1.54, 1.807) is 7.11 Å². The highest BCUT2D eigenvalue weighted by molar-refractivity contribution is 5.21. The molecule has 1 heterocycles. The largest absolute Gasteiger partial charge is 0.379 e. The smallest absolute Gasteiger partial charge is 0.182 e. The SMILES string of the molecule is COC[C@@H]1O[C@H]2C[C@@]34C[C@@H](C(C)(C)C3CCC4C)[C@@]2(C)O1. The van der Waals surface area contributed by atoms with Crippen LogP contribution in [0.3, 0.4) is 0 Å². The summed E-state index contributed by atoms with van der Waals surface area (Å²) in [5, 5.41) is 0. The predicted octanol–water partition coefficient (Wildman–Crippen LogP) is 3.62. The van der Waals surface area contributed by atoms with Crippen molar-refractivity contribution in [3.63, 3.8) is 0 Å². The third-order valence-electron chi connectivity index (χ3n) is 7.84. The molecule has 0 radical (unpaired) electrons. The highest BCUT2D eigenvalue weighted by Crippen LogP contribution is 2.74. The van der Waals surface area contributed by atoms with Crippen LogP contribution in [0.15, 0.2) is 0 Å². The van der Waals surface area contributed by atoms with Gasteiger partial charge in [-0.1, -0.05) is 20.8 Å². The van der Waals surface area contributed by atoms with E-state index in [0.717, 1.165) is 11.8 Å². The van der Waals surface area contributed by atoms with Crippen LogP contribution in [0.1, 0.15) is 53.4 Å². The van der Waals surface area contributed by atoms with Gasteiger partial charge < -0.3 is 14.2 Å². The number of fused-ring (bicyclic) bond motifs is 3. The molecule has 0 N–H and O–H groups in total. The van der Waals surface area contributed by atoms with Gasteiger partial charge in [-0.3, -0.25) is 0 Å². The van der Waals surface area contributed by atoms with Crippen LogP contribution in [0.4, 0.5) is 0 Å². The van der Waals surface area contributed by atoms with Crippen molar-refractivity contribution in [2.24, 2.45) is 28.6 Å². The van der Waals surface area contributed by atoms with Gasteiger partial charge in [0.25, 0.3) is 0 Å². The van der Waals surface area contributed by atoms with Crippen LogP contribution in [0.2, 0.25) is 0 Å². The molecule has 2 bridgehead atoms. The fourth-order valence-corrected chi connectivity index (χ4v) is 6.86. The number of ether oxygens (including phenoxy) is 3. The van der Waals surface area contributed by atoms with Crippen molar-refractivity contribution in [3.05, 3.63) is 0 Å². The van der Waals surface area contributed by atoms with Gasteiger partial charge in [-0.25, -0.2) is 0 Å². The lowest BCUT2D eigenvalue weighted by Crippen LogP contribution is -2.52. The normalized spacial score (nSPS) is 57.3. The Morgan fingerprint density at radius 3 is 2.57 bits per heavy atom. The summed E-state index contributed by atoms with van der Waals surface area (Å²) in [4.78, 5) is 0. The van der Waals surface area contributed by atoms with Crippen LogP contribution >= 0.6 is 0 Å². The van der Waals surface area contributed by atoms with Crippen molar-refractivity contribution in [3.8, 4) is 0 Å². The van der Waals surface area contributed by atoms with Gasteiger partial charge in [0.2, 0.25) is 0 Å². The molecule has 4 aliphatic rings. The number of hydrogen-bond acceptors (Lipinski definition) is 3. The molecule has 3 aliphatic carbocycles. The Labute approximate surface area is 128 Å². The molecular weight excluding hydrogens is 264 g/mol. The lowest BCUT2D eigenvalue weighted by molar-refractivity contribution is -0.140. The third kappa shape index (κ3) is 1.61. The molecule has 21 heavy (non-hydrogen) atoms. The van der Waals surface area contributed by atoms with Gasteiger partial charge in [-0.2, -0.15) is 0 Å². The molecule has 4 fully saturated rings. The molecule has 1 aliphatic heterocycles. The van der Waals surface area contributed by atoms with E-state index in [0.29, 0.717) is 23.4 Å². The Hall–Kier alpha value is -0.120. The van der Waals surface area contributed by atoms with E-state index >= 15 is 0 Å². The average Bonchev–Trinajstić information content (AvgIpc) is 2.95. The summed E-state index contributed by atoms with van der Waals surface area (Å²) in [7, 11) is 1.72. The van der Waals surface area contributed by atoms with E-state index < -0.39 is 0 Å². The molecule has 2 unspecified atom stereocenters. The highest BCUT2D eigenvalue weighted by Gasteiger charge is 2.73. The van der Waals surface area contributed by atoms with E-state index in [1.807, 2.05) is 0 Å². The zero-order chi connectivity index (χ0) is 15.0. The number of rotatable bonds is 2. The summed E-state index contributed by atoms with van der Waals surface area (Å²) in [6.07, 6.45) is 5.40. The Balaban J connectivity index is 1.72. The summed E-state index contributed by atoms with van der Waals surface area (Å²) in [5.74, 6) is 2.29. The molecule has 3 nitrogen and oxygen atoms in total. The van der Waals surface area contributed by atoms with E-state index in [-0.39, 0.29) is 18.0 Å². The second-order valence-electron chi connectivity index (χ2n) is 8.86.